The average Bonchev–Trinajstić information content (AvgIpc) is 2.99. The number of pyridine rings is 2. The molecule has 1 aliphatic rings. The number of nitrogens with one attached hydrogen (secondary N) is 1. The minimum absolute atomic E-state index is 0.118. The molecule has 1 amide bonds. The average molecular weight is 302 g/mol. The van der Waals surface area contributed by atoms with E-state index in [0.717, 1.165) is 11.1 Å². The van der Waals surface area contributed by atoms with Crippen molar-refractivity contribution in [3.05, 3.63) is 40.3 Å². The van der Waals surface area contributed by atoms with E-state index >= 15 is 0 Å². The van der Waals surface area contributed by atoms with Gasteiger partial charge in [0.15, 0.2) is 5.17 Å². The van der Waals surface area contributed by atoms with E-state index in [-0.39, 0.29) is 11.1 Å². The van der Waals surface area contributed by atoms with Gasteiger partial charge in [0, 0.05) is 23.9 Å². The lowest BCUT2D eigenvalue weighted by Crippen LogP contribution is -2.35. The first-order valence-electron chi connectivity index (χ1n) is 6.68. The van der Waals surface area contributed by atoms with Gasteiger partial charge in [-0.1, -0.05) is 11.8 Å². The highest BCUT2D eigenvalue weighted by Crippen LogP contribution is 2.12. The van der Waals surface area contributed by atoms with Crippen molar-refractivity contribution < 1.29 is 4.79 Å². The largest absolute Gasteiger partial charge is 0.301 e. The SMILES string of the molecule is CCn1c(=O)c(C(=O)NC2=NCCS2)cc2cccnc21. The van der Waals surface area contributed by atoms with Gasteiger partial charge in [-0.3, -0.25) is 19.1 Å². The number of rotatable bonds is 2. The van der Waals surface area contributed by atoms with E-state index in [1.54, 1.807) is 18.3 Å². The molecule has 0 saturated carbocycles. The molecule has 3 rings (SSSR count). The number of carbonyl (C=O) groups excluding carboxylic acids is 1. The molecule has 0 radical (unpaired) electrons. The fourth-order valence-electron chi connectivity index (χ4n) is 2.24. The van der Waals surface area contributed by atoms with Crippen LogP contribution in [0, 0.1) is 0 Å². The van der Waals surface area contributed by atoms with Crippen molar-refractivity contribution in [3.63, 3.8) is 0 Å². The summed E-state index contributed by atoms with van der Waals surface area (Å²) in [4.78, 5) is 33.1. The van der Waals surface area contributed by atoms with Crippen molar-refractivity contribution in [1.29, 1.82) is 0 Å². The number of nitrogens with zero attached hydrogens (tertiary/aromatic N) is 3. The summed E-state index contributed by atoms with van der Waals surface area (Å²) in [6.45, 7) is 3.01. The number of hydrogen-bond acceptors (Lipinski definition) is 5. The summed E-state index contributed by atoms with van der Waals surface area (Å²) in [6, 6.07) is 5.21. The van der Waals surface area contributed by atoms with Crippen LogP contribution in [0.25, 0.3) is 11.0 Å². The molecule has 0 aliphatic carbocycles. The van der Waals surface area contributed by atoms with Gasteiger partial charge in [0.1, 0.15) is 11.2 Å². The van der Waals surface area contributed by atoms with Gasteiger partial charge in [-0.15, -0.1) is 0 Å². The van der Waals surface area contributed by atoms with E-state index in [1.165, 1.54) is 16.3 Å². The predicted octanol–water partition coefficient (Wildman–Crippen LogP) is 1.25. The van der Waals surface area contributed by atoms with Crippen LogP contribution in [0.4, 0.5) is 0 Å². The highest BCUT2D eigenvalue weighted by atomic mass is 32.2. The molecule has 6 nitrogen and oxygen atoms in total. The Bertz CT molecular complexity index is 797. The van der Waals surface area contributed by atoms with Crippen LogP contribution >= 0.6 is 11.8 Å². The predicted molar refractivity (Wildman–Crippen MR) is 83.9 cm³/mol. The van der Waals surface area contributed by atoms with Gasteiger partial charge < -0.3 is 5.32 Å². The van der Waals surface area contributed by atoms with Gasteiger partial charge in [0.2, 0.25) is 0 Å². The third-order valence-electron chi connectivity index (χ3n) is 3.21. The minimum Gasteiger partial charge on any atom is -0.301 e. The maximum Gasteiger partial charge on any atom is 0.265 e. The zero-order valence-corrected chi connectivity index (χ0v) is 12.3. The topological polar surface area (TPSA) is 76.3 Å². The van der Waals surface area contributed by atoms with Gasteiger partial charge >= 0.3 is 0 Å². The molecule has 0 unspecified atom stereocenters. The Morgan fingerprint density at radius 2 is 2.38 bits per heavy atom. The van der Waals surface area contributed by atoms with Gasteiger partial charge in [0.05, 0.1) is 6.54 Å². The number of thioether (sulfide) groups is 1. The molecule has 2 aromatic heterocycles. The summed E-state index contributed by atoms with van der Waals surface area (Å²) in [5, 5.41) is 4.04. The molecule has 3 heterocycles. The number of aliphatic imine (C=N–C) groups is 1. The summed E-state index contributed by atoms with van der Waals surface area (Å²) in [5.74, 6) is 0.442. The normalized spacial score (nSPS) is 14.2. The van der Waals surface area contributed by atoms with Crippen molar-refractivity contribution in [2.45, 2.75) is 13.5 Å². The molecular formula is C14H14N4O2S. The van der Waals surface area contributed by atoms with Crippen LogP contribution in [0.5, 0.6) is 0 Å². The number of hydrogen-bond donors (Lipinski definition) is 1. The molecule has 1 aliphatic heterocycles. The number of carbonyl (C=O) groups is 1. The van der Waals surface area contributed by atoms with Crippen molar-refractivity contribution in [2.75, 3.05) is 12.3 Å². The smallest absolute Gasteiger partial charge is 0.265 e. The van der Waals surface area contributed by atoms with Gasteiger partial charge in [-0.2, -0.15) is 0 Å². The first kappa shape index (κ1) is 13.8. The Balaban J connectivity index is 2.07. The van der Waals surface area contributed by atoms with Gasteiger partial charge in [0.25, 0.3) is 11.5 Å². The summed E-state index contributed by atoms with van der Waals surface area (Å²) in [6.07, 6.45) is 1.64. The van der Waals surface area contributed by atoms with Crippen molar-refractivity contribution in [2.24, 2.45) is 4.99 Å². The standard InChI is InChI=1S/C14H14N4O2S/c1-2-18-11-9(4-3-5-15-11)8-10(13(18)20)12(19)17-14-16-6-7-21-14/h3-5,8H,2,6-7H2,1H3,(H,16,17,19). The highest BCUT2D eigenvalue weighted by molar-refractivity contribution is 8.14. The van der Waals surface area contributed by atoms with E-state index < -0.39 is 5.91 Å². The summed E-state index contributed by atoms with van der Waals surface area (Å²) >= 11 is 1.48. The molecule has 0 saturated heterocycles. The van der Waals surface area contributed by atoms with E-state index in [1.807, 2.05) is 13.0 Å². The van der Waals surface area contributed by atoms with Crippen LogP contribution in [0.15, 0.2) is 34.2 Å². The van der Waals surface area contributed by atoms with E-state index in [9.17, 15) is 9.59 Å². The zero-order valence-electron chi connectivity index (χ0n) is 11.5. The van der Waals surface area contributed by atoms with Crippen LogP contribution in [-0.4, -0.2) is 32.9 Å². The second-order valence-electron chi connectivity index (χ2n) is 4.51. The van der Waals surface area contributed by atoms with Crippen molar-refractivity contribution in [1.82, 2.24) is 14.9 Å². The monoisotopic (exact) mass is 302 g/mol. The Morgan fingerprint density at radius 1 is 1.52 bits per heavy atom. The lowest BCUT2D eigenvalue weighted by atomic mass is 10.2. The fourth-order valence-corrected chi connectivity index (χ4v) is 2.96. The third-order valence-corrected chi connectivity index (χ3v) is 4.11. The van der Waals surface area contributed by atoms with Crippen molar-refractivity contribution in [3.8, 4) is 0 Å². The Kier molecular flexibility index (Phi) is 3.74. The molecule has 0 atom stereocenters. The summed E-state index contributed by atoms with van der Waals surface area (Å²) < 4.78 is 1.51. The molecule has 0 fully saturated rings. The molecular weight excluding hydrogens is 288 g/mol. The Morgan fingerprint density at radius 3 is 3.10 bits per heavy atom. The second kappa shape index (κ2) is 5.69. The Hall–Kier alpha value is -2.15. The fraction of sp³-hybridized carbons (Fsp3) is 0.286. The first-order chi connectivity index (χ1) is 10.2. The number of amides is 1. The molecule has 0 bridgehead atoms. The van der Waals surface area contributed by atoms with E-state index in [2.05, 4.69) is 15.3 Å². The van der Waals surface area contributed by atoms with Crippen molar-refractivity contribution >= 4 is 33.9 Å². The first-order valence-corrected chi connectivity index (χ1v) is 7.66. The molecule has 0 aromatic carbocycles. The molecule has 0 spiro atoms. The molecule has 21 heavy (non-hydrogen) atoms. The molecule has 1 N–H and O–H groups in total. The number of aryl methyl sites for hydroxylation is 1. The van der Waals surface area contributed by atoms with Gasteiger partial charge in [-0.25, -0.2) is 4.98 Å². The number of aromatic nitrogens is 2. The molecule has 7 heteroatoms. The summed E-state index contributed by atoms with van der Waals surface area (Å²) in [5.41, 5.74) is 0.381. The molecule has 108 valence electrons. The third kappa shape index (κ3) is 2.56. The zero-order chi connectivity index (χ0) is 14.8. The maximum atomic E-state index is 12.4. The number of amidine groups is 1. The molecule has 2 aromatic rings. The minimum atomic E-state index is -0.416. The lowest BCUT2D eigenvalue weighted by Gasteiger charge is -2.10. The van der Waals surface area contributed by atoms with Crippen LogP contribution in [0.2, 0.25) is 0 Å². The van der Waals surface area contributed by atoms with E-state index in [4.69, 9.17) is 0 Å². The Labute approximate surface area is 125 Å². The second-order valence-corrected chi connectivity index (χ2v) is 5.60. The van der Waals surface area contributed by atoms with Crippen LogP contribution in [-0.2, 0) is 6.54 Å². The van der Waals surface area contributed by atoms with Gasteiger partial charge in [-0.05, 0) is 25.1 Å². The van der Waals surface area contributed by atoms with Crippen LogP contribution in [0.1, 0.15) is 17.3 Å². The quantitative estimate of drug-likeness (QED) is 0.906. The van der Waals surface area contributed by atoms with E-state index in [0.29, 0.717) is 23.9 Å². The number of fused-ring (bicyclic) bond motifs is 1. The van der Waals surface area contributed by atoms with Crippen LogP contribution in [0.3, 0.4) is 0 Å². The van der Waals surface area contributed by atoms with Crippen LogP contribution < -0.4 is 10.9 Å². The lowest BCUT2D eigenvalue weighted by molar-refractivity contribution is 0.0976. The maximum absolute atomic E-state index is 12.4. The summed E-state index contributed by atoms with van der Waals surface area (Å²) in [7, 11) is 0. The highest BCUT2D eigenvalue weighted by Gasteiger charge is 2.18.